The molecular formula is C28H33FO3S. The Morgan fingerprint density at radius 2 is 1.82 bits per heavy atom. The third-order valence-electron chi connectivity index (χ3n) is 8.05. The van der Waals surface area contributed by atoms with E-state index in [2.05, 4.69) is 24.3 Å². The summed E-state index contributed by atoms with van der Waals surface area (Å²) in [6.07, 6.45) is 8.39. The van der Waals surface area contributed by atoms with Crippen molar-refractivity contribution < 1.29 is 19.0 Å². The molecule has 1 unspecified atom stereocenters. The first kappa shape index (κ1) is 22.8. The van der Waals surface area contributed by atoms with Crippen LogP contribution in [0.3, 0.4) is 0 Å². The van der Waals surface area contributed by atoms with Crippen LogP contribution in [0.25, 0.3) is 0 Å². The Labute approximate surface area is 200 Å². The summed E-state index contributed by atoms with van der Waals surface area (Å²) in [5.74, 6) is 2.76. The highest BCUT2D eigenvalue weighted by molar-refractivity contribution is 7.98. The largest absolute Gasteiger partial charge is 0.489 e. The van der Waals surface area contributed by atoms with E-state index in [-0.39, 0.29) is 5.82 Å². The minimum Gasteiger partial charge on any atom is -0.489 e. The maximum absolute atomic E-state index is 14.2. The second-order valence-corrected chi connectivity index (χ2v) is 11.7. The zero-order valence-corrected chi connectivity index (χ0v) is 20.1. The number of rotatable bonds is 9. The number of benzene rings is 2. The summed E-state index contributed by atoms with van der Waals surface area (Å²) in [6.45, 7) is 2.14. The van der Waals surface area contributed by atoms with Gasteiger partial charge in [-0.05, 0) is 91.0 Å². The number of carboxylic acid groups (broad SMARTS) is 1. The molecule has 2 aromatic rings. The van der Waals surface area contributed by atoms with Crippen molar-refractivity contribution in [3.8, 4) is 5.75 Å². The van der Waals surface area contributed by atoms with Crippen LogP contribution in [0.5, 0.6) is 5.75 Å². The first-order chi connectivity index (χ1) is 15.9. The van der Waals surface area contributed by atoms with Crippen molar-refractivity contribution in [2.75, 3.05) is 5.75 Å². The molecule has 0 aromatic heterocycles. The monoisotopic (exact) mass is 468 g/mol. The van der Waals surface area contributed by atoms with E-state index in [9.17, 15) is 9.18 Å². The number of carboxylic acids is 1. The first-order valence-corrected chi connectivity index (χ1v) is 13.4. The summed E-state index contributed by atoms with van der Waals surface area (Å²) >= 11 is 1.43. The normalized spacial score (nSPS) is 28.6. The highest BCUT2D eigenvalue weighted by Crippen LogP contribution is 2.60. The van der Waals surface area contributed by atoms with Gasteiger partial charge in [-0.3, -0.25) is 4.79 Å². The molecule has 0 spiro atoms. The predicted molar refractivity (Wildman–Crippen MR) is 130 cm³/mol. The fourth-order valence-corrected chi connectivity index (χ4v) is 7.85. The molecule has 33 heavy (non-hydrogen) atoms. The topological polar surface area (TPSA) is 46.5 Å². The van der Waals surface area contributed by atoms with Crippen molar-refractivity contribution in [3.05, 3.63) is 65.0 Å². The Hall–Kier alpha value is -2.01. The summed E-state index contributed by atoms with van der Waals surface area (Å²) in [6, 6.07) is 13.8. The van der Waals surface area contributed by atoms with Crippen molar-refractivity contribution >= 4 is 17.7 Å². The quantitative estimate of drug-likeness (QED) is 0.438. The SMILES string of the molecule is CC(CSCc1cc(OCc2cccc(C34CC5CC(CC(C5)C3)C4)c2)ccc1F)C(=O)O. The summed E-state index contributed by atoms with van der Waals surface area (Å²) in [4.78, 5) is 11.0. The van der Waals surface area contributed by atoms with Crippen LogP contribution >= 0.6 is 11.8 Å². The van der Waals surface area contributed by atoms with Gasteiger partial charge in [-0.15, -0.1) is 0 Å². The average molecular weight is 469 g/mol. The van der Waals surface area contributed by atoms with Crippen molar-refractivity contribution in [2.45, 2.75) is 63.2 Å². The standard InChI is InChI=1S/C28H33FO3S/c1-18(27(30)31)16-33-17-23-11-25(5-6-26(23)29)32-15-19-3-2-4-24(10-19)28-12-20-7-21(13-28)9-22(8-20)14-28/h2-6,10-11,18,20-22H,7-9,12-17H2,1H3,(H,30,31). The summed E-state index contributed by atoms with van der Waals surface area (Å²) in [7, 11) is 0. The number of hydrogen-bond acceptors (Lipinski definition) is 3. The maximum Gasteiger partial charge on any atom is 0.307 e. The van der Waals surface area contributed by atoms with E-state index in [1.807, 2.05) is 0 Å². The lowest BCUT2D eigenvalue weighted by Crippen LogP contribution is -2.48. The lowest BCUT2D eigenvalue weighted by molar-refractivity contribution is -0.140. The third-order valence-corrected chi connectivity index (χ3v) is 9.30. The van der Waals surface area contributed by atoms with Gasteiger partial charge in [-0.2, -0.15) is 11.8 Å². The Morgan fingerprint density at radius 1 is 1.12 bits per heavy atom. The highest BCUT2D eigenvalue weighted by Gasteiger charge is 2.51. The van der Waals surface area contributed by atoms with Gasteiger partial charge in [0.15, 0.2) is 0 Å². The van der Waals surface area contributed by atoms with Gasteiger partial charge in [0.1, 0.15) is 18.2 Å². The van der Waals surface area contributed by atoms with Crippen LogP contribution in [0, 0.1) is 29.5 Å². The zero-order valence-electron chi connectivity index (χ0n) is 19.3. The number of ether oxygens (including phenoxy) is 1. The van der Waals surface area contributed by atoms with Crippen molar-refractivity contribution in [2.24, 2.45) is 23.7 Å². The molecule has 0 heterocycles. The average Bonchev–Trinajstić information content (AvgIpc) is 2.78. The molecule has 3 nitrogen and oxygen atoms in total. The molecule has 4 bridgehead atoms. The van der Waals surface area contributed by atoms with E-state index in [0.717, 1.165) is 17.8 Å². The van der Waals surface area contributed by atoms with Crippen LogP contribution in [-0.2, 0) is 22.6 Å². The van der Waals surface area contributed by atoms with E-state index < -0.39 is 11.9 Å². The fourth-order valence-electron chi connectivity index (χ4n) is 6.79. The zero-order chi connectivity index (χ0) is 23.0. The summed E-state index contributed by atoms with van der Waals surface area (Å²) in [5, 5.41) is 9.01. The number of thioether (sulfide) groups is 1. The maximum atomic E-state index is 14.2. The number of aliphatic carboxylic acids is 1. The van der Waals surface area contributed by atoms with E-state index in [4.69, 9.17) is 9.84 Å². The van der Waals surface area contributed by atoms with Gasteiger partial charge in [0.2, 0.25) is 0 Å². The predicted octanol–water partition coefficient (Wildman–Crippen LogP) is 6.83. The molecular weight excluding hydrogens is 435 g/mol. The Balaban J connectivity index is 1.23. The van der Waals surface area contributed by atoms with Crippen LogP contribution in [0.2, 0.25) is 0 Å². The summed E-state index contributed by atoms with van der Waals surface area (Å²) in [5.41, 5.74) is 3.58. The lowest BCUT2D eigenvalue weighted by atomic mass is 9.48. The first-order valence-electron chi connectivity index (χ1n) is 12.2. The van der Waals surface area contributed by atoms with Gasteiger partial charge in [0.05, 0.1) is 5.92 Å². The second-order valence-electron chi connectivity index (χ2n) is 10.7. The van der Waals surface area contributed by atoms with Gasteiger partial charge in [-0.25, -0.2) is 4.39 Å². The molecule has 4 saturated carbocycles. The molecule has 6 rings (SSSR count). The molecule has 5 heteroatoms. The second kappa shape index (κ2) is 9.32. The van der Waals surface area contributed by atoms with Crippen molar-refractivity contribution in [1.82, 2.24) is 0 Å². The molecule has 4 aliphatic carbocycles. The van der Waals surface area contributed by atoms with Gasteiger partial charge >= 0.3 is 5.97 Å². The Kier molecular flexibility index (Phi) is 6.43. The van der Waals surface area contributed by atoms with Gasteiger partial charge < -0.3 is 9.84 Å². The number of hydrogen-bond donors (Lipinski definition) is 1. The smallest absolute Gasteiger partial charge is 0.307 e. The molecule has 2 aromatic carbocycles. The molecule has 1 atom stereocenters. The minimum absolute atomic E-state index is 0.276. The molecule has 176 valence electrons. The Bertz CT molecular complexity index is 985. The molecule has 1 N–H and O–H groups in total. The molecule has 4 aliphatic rings. The van der Waals surface area contributed by atoms with Crippen LogP contribution < -0.4 is 4.74 Å². The van der Waals surface area contributed by atoms with E-state index >= 15 is 0 Å². The molecule has 0 saturated heterocycles. The Morgan fingerprint density at radius 3 is 2.48 bits per heavy atom. The van der Waals surface area contributed by atoms with Gasteiger partial charge in [0.25, 0.3) is 0 Å². The van der Waals surface area contributed by atoms with Crippen LogP contribution in [0.1, 0.15) is 62.1 Å². The van der Waals surface area contributed by atoms with Gasteiger partial charge in [-0.1, -0.05) is 31.2 Å². The summed E-state index contributed by atoms with van der Waals surface area (Å²) < 4.78 is 20.3. The third kappa shape index (κ3) is 4.94. The minimum atomic E-state index is -0.823. The molecule has 0 amide bonds. The van der Waals surface area contributed by atoms with Crippen LogP contribution in [-0.4, -0.2) is 16.8 Å². The number of carbonyl (C=O) groups is 1. The van der Waals surface area contributed by atoms with Crippen molar-refractivity contribution in [1.29, 1.82) is 0 Å². The molecule has 4 fully saturated rings. The number of halogens is 1. The molecule has 0 radical (unpaired) electrons. The van der Waals surface area contributed by atoms with Crippen LogP contribution in [0.15, 0.2) is 42.5 Å². The highest BCUT2D eigenvalue weighted by atomic mass is 32.2. The molecule has 0 aliphatic heterocycles. The fraction of sp³-hybridized carbons (Fsp3) is 0.536. The van der Waals surface area contributed by atoms with Crippen molar-refractivity contribution in [3.63, 3.8) is 0 Å². The van der Waals surface area contributed by atoms with Crippen LogP contribution in [0.4, 0.5) is 4.39 Å². The van der Waals surface area contributed by atoms with E-state index in [0.29, 0.717) is 34.8 Å². The lowest BCUT2D eigenvalue weighted by Gasteiger charge is -2.57. The van der Waals surface area contributed by atoms with E-state index in [1.54, 1.807) is 19.1 Å². The van der Waals surface area contributed by atoms with Gasteiger partial charge in [0, 0.05) is 17.1 Å². The van der Waals surface area contributed by atoms with E-state index in [1.165, 1.54) is 67.5 Å².